The lowest BCUT2D eigenvalue weighted by Gasteiger charge is -2.23. The van der Waals surface area contributed by atoms with Crippen LogP contribution < -0.4 is 0 Å². The van der Waals surface area contributed by atoms with Crippen LogP contribution in [-0.4, -0.2) is 6.29 Å². The van der Waals surface area contributed by atoms with Gasteiger partial charge in [0.05, 0.1) is 0 Å². The molecule has 0 heterocycles. The lowest BCUT2D eigenvalue weighted by Crippen LogP contribution is -2.17. The molecule has 1 nitrogen and oxygen atoms in total. The second-order valence-corrected chi connectivity index (χ2v) is 3.51. The van der Waals surface area contributed by atoms with Crippen LogP contribution in [-0.2, 0) is 4.79 Å². The lowest BCUT2D eigenvalue weighted by atomic mass is 9.81. The quantitative estimate of drug-likeness (QED) is 0.396. The molecule has 0 amide bonds. The molecule has 1 heteroatoms. The first-order valence-electron chi connectivity index (χ1n) is 4.02. The molecule has 0 radical (unpaired) electrons. The molecule has 54 valence electrons. The van der Waals surface area contributed by atoms with Gasteiger partial charge in [-0.15, -0.1) is 0 Å². The summed E-state index contributed by atoms with van der Waals surface area (Å²) in [6.07, 6.45) is 9.23. The van der Waals surface area contributed by atoms with E-state index < -0.39 is 0 Å². The molecule has 0 spiro atoms. The van der Waals surface area contributed by atoms with Crippen LogP contribution >= 0.6 is 0 Å². The Balaban J connectivity index is 2.07. The van der Waals surface area contributed by atoms with Crippen molar-refractivity contribution in [2.24, 2.45) is 17.8 Å². The molecule has 0 saturated heterocycles. The maximum absolute atomic E-state index is 10.5. The Morgan fingerprint density at radius 2 is 1.70 bits per heavy atom. The van der Waals surface area contributed by atoms with Gasteiger partial charge in [0.15, 0.2) is 0 Å². The average molecular weight is 136 g/mol. The van der Waals surface area contributed by atoms with Crippen molar-refractivity contribution < 1.29 is 4.79 Å². The van der Waals surface area contributed by atoms with Crippen molar-refractivity contribution in [3.8, 4) is 0 Å². The average Bonchev–Trinajstić information content (AvgIpc) is 2.30. The van der Waals surface area contributed by atoms with E-state index in [0.29, 0.717) is 5.92 Å². The molecule has 1 fully saturated rings. The maximum Gasteiger partial charge on any atom is 0.123 e. The Morgan fingerprint density at radius 3 is 2.20 bits per heavy atom. The van der Waals surface area contributed by atoms with E-state index in [0.717, 1.165) is 31.0 Å². The van der Waals surface area contributed by atoms with E-state index in [1.807, 2.05) is 0 Å². The van der Waals surface area contributed by atoms with Crippen molar-refractivity contribution in [2.45, 2.75) is 19.3 Å². The van der Waals surface area contributed by atoms with Crippen LogP contribution in [0.15, 0.2) is 12.2 Å². The minimum atomic E-state index is 0.360. The standard InChI is InChI=1S/C9H12O/c10-6-9-4-7-1-2-8(3-7)5-9/h1-2,6-9H,3-5H2. The van der Waals surface area contributed by atoms with E-state index >= 15 is 0 Å². The first kappa shape index (κ1) is 6.14. The summed E-state index contributed by atoms with van der Waals surface area (Å²) in [5.74, 6) is 1.82. The van der Waals surface area contributed by atoms with Crippen molar-refractivity contribution in [1.29, 1.82) is 0 Å². The van der Waals surface area contributed by atoms with Gasteiger partial charge in [-0.25, -0.2) is 0 Å². The maximum atomic E-state index is 10.5. The van der Waals surface area contributed by atoms with Crippen LogP contribution in [0.2, 0.25) is 0 Å². The van der Waals surface area contributed by atoms with Crippen molar-refractivity contribution in [3.05, 3.63) is 12.2 Å². The molecule has 2 rings (SSSR count). The van der Waals surface area contributed by atoms with Crippen molar-refractivity contribution >= 4 is 6.29 Å². The first-order chi connectivity index (χ1) is 4.88. The smallest absolute Gasteiger partial charge is 0.123 e. The number of carbonyl (C=O) groups excluding carboxylic acids is 1. The predicted octanol–water partition coefficient (Wildman–Crippen LogP) is 1.79. The van der Waals surface area contributed by atoms with Gasteiger partial charge in [0.25, 0.3) is 0 Å². The van der Waals surface area contributed by atoms with Gasteiger partial charge in [-0.3, -0.25) is 0 Å². The molecule has 0 aromatic heterocycles. The van der Waals surface area contributed by atoms with Crippen molar-refractivity contribution in [2.75, 3.05) is 0 Å². The van der Waals surface area contributed by atoms with Gasteiger partial charge in [-0.1, -0.05) is 12.2 Å². The molecule has 2 aliphatic rings. The summed E-state index contributed by atoms with van der Waals surface area (Å²) in [7, 11) is 0. The van der Waals surface area contributed by atoms with Gasteiger partial charge in [-0.2, -0.15) is 0 Å². The zero-order valence-corrected chi connectivity index (χ0v) is 5.99. The second-order valence-electron chi connectivity index (χ2n) is 3.51. The molecule has 2 atom stereocenters. The highest BCUT2D eigenvalue weighted by molar-refractivity contribution is 5.54. The minimum Gasteiger partial charge on any atom is -0.303 e. The molecule has 0 aromatic rings. The third-order valence-corrected chi connectivity index (χ3v) is 2.66. The third kappa shape index (κ3) is 0.898. The zero-order chi connectivity index (χ0) is 6.97. The topological polar surface area (TPSA) is 17.1 Å². The lowest BCUT2D eigenvalue weighted by molar-refractivity contribution is -0.112. The highest BCUT2D eigenvalue weighted by atomic mass is 16.1. The molecule has 2 unspecified atom stereocenters. The van der Waals surface area contributed by atoms with Crippen LogP contribution in [0, 0.1) is 17.8 Å². The number of aldehydes is 1. The van der Waals surface area contributed by atoms with E-state index in [4.69, 9.17) is 0 Å². The number of carbonyl (C=O) groups is 1. The Labute approximate surface area is 61.1 Å². The van der Waals surface area contributed by atoms with Crippen molar-refractivity contribution in [3.63, 3.8) is 0 Å². The van der Waals surface area contributed by atoms with Gasteiger partial charge in [-0.05, 0) is 31.1 Å². The van der Waals surface area contributed by atoms with E-state index in [2.05, 4.69) is 12.2 Å². The Kier molecular flexibility index (Phi) is 1.37. The fourth-order valence-corrected chi connectivity index (χ4v) is 2.19. The Morgan fingerprint density at radius 1 is 1.10 bits per heavy atom. The van der Waals surface area contributed by atoms with Crippen LogP contribution in [0.3, 0.4) is 0 Å². The van der Waals surface area contributed by atoms with Gasteiger partial charge in [0.2, 0.25) is 0 Å². The molecule has 10 heavy (non-hydrogen) atoms. The molecule has 2 bridgehead atoms. The monoisotopic (exact) mass is 136 g/mol. The molecule has 2 aliphatic carbocycles. The summed E-state index contributed by atoms with van der Waals surface area (Å²) in [5, 5.41) is 0. The van der Waals surface area contributed by atoms with E-state index in [9.17, 15) is 4.79 Å². The van der Waals surface area contributed by atoms with Gasteiger partial charge in [0, 0.05) is 5.92 Å². The molecular formula is C9H12O. The summed E-state index contributed by atoms with van der Waals surface area (Å²) in [4.78, 5) is 10.5. The van der Waals surface area contributed by atoms with Gasteiger partial charge < -0.3 is 4.79 Å². The number of rotatable bonds is 1. The van der Waals surface area contributed by atoms with E-state index in [1.54, 1.807) is 0 Å². The summed E-state index contributed by atoms with van der Waals surface area (Å²) in [6.45, 7) is 0. The molecule has 1 saturated carbocycles. The number of hydrogen-bond acceptors (Lipinski definition) is 1. The summed E-state index contributed by atoms with van der Waals surface area (Å²) < 4.78 is 0. The van der Waals surface area contributed by atoms with Gasteiger partial charge in [0.1, 0.15) is 6.29 Å². The highest BCUT2D eigenvalue weighted by Gasteiger charge is 2.29. The molecule has 0 aliphatic heterocycles. The van der Waals surface area contributed by atoms with E-state index in [-0.39, 0.29) is 0 Å². The predicted molar refractivity (Wildman–Crippen MR) is 39.5 cm³/mol. The molecule has 0 aromatic carbocycles. The minimum absolute atomic E-state index is 0.360. The van der Waals surface area contributed by atoms with Gasteiger partial charge >= 0.3 is 0 Å². The highest BCUT2D eigenvalue weighted by Crippen LogP contribution is 2.38. The van der Waals surface area contributed by atoms with Crippen LogP contribution in [0.4, 0.5) is 0 Å². The fourth-order valence-electron chi connectivity index (χ4n) is 2.19. The Hall–Kier alpha value is -0.590. The third-order valence-electron chi connectivity index (χ3n) is 2.66. The number of fused-ring (bicyclic) bond motifs is 2. The molecule has 0 N–H and O–H groups in total. The largest absolute Gasteiger partial charge is 0.303 e. The second kappa shape index (κ2) is 2.22. The van der Waals surface area contributed by atoms with Crippen LogP contribution in [0.1, 0.15) is 19.3 Å². The van der Waals surface area contributed by atoms with E-state index in [1.165, 1.54) is 6.42 Å². The number of hydrogen-bond donors (Lipinski definition) is 0. The zero-order valence-electron chi connectivity index (χ0n) is 5.99. The van der Waals surface area contributed by atoms with Crippen LogP contribution in [0.25, 0.3) is 0 Å². The molecular weight excluding hydrogens is 124 g/mol. The Bertz CT molecular complexity index is 158. The first-order valence-corrected chi connectivity index (χ1v) is 4.02. The van der Waals surface area contributed by atoms with Crippen molar-refractivity contribution in [1.82, 2.24) is 0 Å². The summed E-state index contributed by atoms with van der Waals surface area (Å²) >= 11 is 0. The SMILES string of the molecule is O=CC1CC2C=CC(C1)C2. The summed E-state index contributed by atoms with van der Waals surface area (Å²) in [6, 6.07) is 0. The van der Waals surface area contributed by atoms with Crippen LogP contribution in [0.5, 0.6) is 0 Å². The fraction of sp³-hybridized carbons (Fsp3) is 0.667. The normalized spacial score (nSPS) is 43.8. The number of allylic oxidation sites excluding steroid dienone is 2. The summed E-state index contributed by atoms with van der Waals surface area (Å²) in [5.41, 5.74) is 0.